The van der Waals surface area contributed by atoms with E-state index in [4.69, 9.17) is 11.6 Å². The Morgan fingerprint density at radius 1 is 1.50 bits per heavy atom. The lowest BCUT2D eigenvalue weighted by atomic mass is 10.1. The molecule has 0 spiro atoms. The standard InChI is InChI=1S/C15H17ClFN/c1-9(2)12-7-11(5-6-14(12)17)18-10(3)13-8-15(13,4)16/h5-7,13,18H,1,3,8H2,2,4H3. The maximum atomic E-state index is 13.5. The number of anilines is 1. The largest absolute Gasteiger partial charge is 0.359 e. The Labute approximate surface area is 112 Å². The van der Waals surface area contributed by atoms with Gasteiger partial charge in [-0.2, -0.15) is 0 Å². The van der Waals surface area contributed by atoms with E-state index in [0.29, 0.717) is 11.1 Å². The third-order valence-electron chi connectivity index (χ3n) is 3.32. The van der Waals surface area contributed by atoms with Crippen LogP contribution in [0.5, 0.6) is 0 Å². The van der Waals surface area contributed by atoms with Crippen molar-refractivity contribution in [3.05, 3.63) is 48.4 Å². The zero-order chi connectivity index (χ0) is 13.5. The predicted molar refractivity (Wildman–Crippen MR) is 76.2 cm³/mol. The highest BCUT2D eigenvalue weighted by atomic mass is 35.5. The number of hydrogen-bond donors (Lipinski definition) is 1. The lowest BCUT2D eigenvalue weighted by molar-refractivity contribution is 0.624. The van der Waals surface area contributed by atoms with Gasteiger partial charge in [-0.05, 0) is 44.0 Å². The van der Waals surface area contributed by atoms with E-state index < -0.39 is 0 Å². The first-order valence-electron chi connectivity index (χ1n) is 5.91. The summed E-state index contributed by atoms with van der Waals surface area (Å²) in [4.78, 5) is -0.179. The average molecular weight is 266 g/mol. The second-order valence-electron chi connectivity index (χ2n) is 5.16. The number of hydrogen-bond acceptors (Lipinski definition) is 1. The van der Waals surface area contributed by atoms with Gasteiger partial charge in [-0.1, -0.05) is 13.2 Å². The van der Waals surface area contributed by atoms with Crippen LogP contribution < -0.4 is 5.32 Å². The van der Waals surface area contributed by atoms with Crippen molar-refractivity contribution in [3.63, 3.8) is 0 Å². The molecule has 1 fully saturated rings. The summed E-state index contributed by atoms with van der Waals surface area (Å²) in [5.41, 5.74) is 2.93. The summed E-state index contributed by atoms with van der Waals surface area (Å²) in [7, 11) is 0. The van der Waals surface area contributed by atoms with Crippen molar-refractivity contribution in [2.45, 2.75) is 25.1 Å². The minimum Gasteiger partial charge on any atom is -0.359 e. The van der Waals surface area contributed by atoms with Crippen LogP contribution in [0.2, 0.25) is 0 Å². The Morgan fingerprint density at radius 2 is 2.11 bits per heavy atom. The normalized spacial score (nSPS) is 25.7. The quantitative estimate of drug-likeness (QED) is 0.771. The molecule has 2 rings (SSSR count). The Bertz CT molecular complexity index is 519. The molecule has 1 saturated carbocycles. The first-order valence-corrected chi connectivity index (χ1v) is 6.29. The van der Waals surface area contributed by atoms with E-state index in [-0.39, 0.29) is 16.6 Å². The van der Waals surface area contributed by atoms with Crippen molar-refractivity contribution in [1.82, 2.24) is 0 Å². The molecule has 1 aliphatic carbocycles. The molecule has 1 N–H and O–H groups in total. The maximum absolute atomic E-state index is 13.5. The Kier molecular flexibility index (Phi) is 3.24. The lowest BCUT2D eigenvalue weighted by Crippen LogP contribution is -2.06. The van der Waals surface area contributed by atoms with Crippen LogP contribution in [0.1, 0.15) is 25.8 Å². The van der Waals surface area contributed by atoms with Crippen molar-refractivity contribution in [1.29, 1.82) is 0 Å². The van der Waals surface area contributed by atoms with Crippen LogP contribution in [0.3, 0.4) is 0 Å². The van der Waals surface area contributed by atoms with Gasteiger partial charge in [0.2, 0.25) is 0 Å². The molecular weight excluding hydrogens is 249 g/mol. The fraction of sp³-hybridized carbons (Fsp3) is 0.333. The van der Waals surface area contributed by atoms with Crippen LogP contribution in [0.25, 0.3) is 5.57 Å². The van der Waals surface area contributed by atoms with E-state index in [9.17, 15) is 4.39 Å². The molecule has 0 radical (unpaired) electrons. The molecule has 3 heteroatoms. The van der Waals surface area contributed by atoms with Gasteiger partial charge in [-0.3, -0.25) is 0 Å². The first-order chi connectivity index (χ1) is 8.31. The van der Waals surface area contributed by atoms with Crippen LogP contribution >= 0.6 is 11.6 Å². The SMILES string of the molecule is C=C(C)c1cc(NC(=C)C2CC2(C)Cl)ccc1F. The number of rotatable bonds is 4. The van der Waals surface area contributed by atoms with Crippen LogP contribution in [-0.4, -0.2) is 4.87 Å². The highest BCUT2D eigenvalue weighted by Gasteiger charge is 2.50. The molecule has 1 aliphatic rings. The number of halogens is 2. The van der Waals surface area contributed by atoms with Gasteiger partial charge < -0.3 is 5.32 Å². The number of nitrogens with one attached hydrogen (secondary N) is 1. The molecule has 96 valence electrons. The summed E-state index contributed by atoms with van der Waals surface area (Å²) in [6.45, 7) is 11.5. The van der Waals surface area contributed by atoms with E-state index in [2.05, 4.69) is 18.5 Å². The molecule has 0 heterocycles. The third kappa shape index (κ3) is 2.59. The maximum Gasteiger partial charge on any atom is 0.130 e. The predicted octanol–water partition coefficient (Wildman–Crippen LogP) is 4.80. The van der Waals surface area contributed by atoms with Crippen LogP contribution in [-0.2, 0) is 0 Å². The molecule has 2 atom stereocenters. The molecule has 18 heavy (non-hydrogen) atoms. The molecule has 1 nitrogen and oxygen atoms in total. The fourth-order valence-corrected chi connectivity index (χ4v) is 2.32. The number of allylic oxidation sites excluding steroid dienone is 2. The second kappa shape index (κ2) is 4.43. The van der Waals surface area contributed by atoms with Crippen molar-refractivity contribution in [3.8, 4) is 0 Å². The lowest BCUT2D eigenvalue weighted by Gasteiger charge is -2.12. The van der Waals surface area contributed by atoms with E-state index in [0.717, 1.165) is 17.8 Å². The zero-order valence-electron chi connectivity index (χ0n) is 10.7. The minimum absolute atomic E-state index is 0.179. The van der Waals surface area contributed by atoms with E-state index in [1.165, 1.54) is 6.07 Å². The summed E-state index contributed by atoms with van der Waals surface area (Å²) in [6.07, 6.45) is 0.926. The molecular formula is C15H17ClFN. The molecule has 0 amide bonds. The van der Waals surface area contributed by atoms with Gasteiger partial charge in [0.1, 0.15) is 5.82 Å². The van der Waals surface area contributed by atoms with Crippen molar-refractivity contribution < 1.29 is 4.39 Å². The van der Waals surface area contributed by atoms with Gasteiger partial charge in [-0.25, -0.2) is 4.39 Å². The van der Waals surface area contributed by atoms with Gasteiger partial charge in [-0.15, -0.1) is 11.6 Å². The van der Waals surface area contributed by atoms with Crippen LogP contribution in [0.4, 0.5) is 10.1 Å². The minimum atomic E-state index is -0.257. The highest BCUT2D eigenvalue weighted by Crippen LogP contribution is 2.52. The molecule has 2 unspecified atom stereocenters. The molecule has 0 saturated heterocycles. The molecule has 1 aromatic carbocycles. The van der Waals surface area contributed by atoms with Crippen molar-refractivity contribution in [2.24, 2.45) is 5.92 Å². The molecule has 0 aromatic heterocycles. The number of alkyl halides is 1. The monoisotopic (exact) mass is 265 g/mol. The smallest absolute Gasteiger partial charge is 0.130 e. The van der Waals surface area contributed by atoms with Gasteiger partial charge in [0, 0.05) is 22.9 Å². The van der Waals surface area contributed by atoms with Gasteiger partial charge >= 0.3 is 0 Å². The second-order valence-corrected chi connectivity index (χ2v) is 6.02. The van der Waals surface area contributed by atoms with Crippen LogP contribution in [0, 0.1) is 11.7 Å². The van der Waals surface area contributed by atoms with Gasteiger partial charge in [0.05, 0.1) is 4.87 Å². The van der Waals surface area contributed by atoms with Crippen molar-refractivity contribution >= 4 is 22.9 Å². The molecule has 0 aliphatic heterocycles. The summed E-state index contributed by atoms with van der Waals surface area (Å²) >= 11 is 6.20. The highest BCUT2D eigenvalue weighted by molar-refractivity contribution is 6.26. The third-order valence-corrected chi connectivity index (χ3v) is 3.74. The summed E-state index contributed by atoms with van der Waals surface area (Å²) in [6, 6.07) is 4.88. The average Bonchev–Trinajstić information content (AvgIpc) is 2.90. The summed E-state index contributed by atoms with van der Waals surface area (Å²) in [5, 5.41) is 3.20. The zero-order valence-corrected chi connectivity index (χ0v) is 11.4. The fourth-order valence-electron chi connectivity index (χ4n) is 2.03. The Hall–Kier alpha value is -1.28. The van der Waals surface area contributed by atoms with E-state index in [1.807, 2.05) is 6.92 Å². The summed E-state index contributed by atoms with van der Waals surface area (Å²) < 4.78 is 13.5. The van der Waals surface area contributed by atoms with Gasteiger partial charge in [0.25, 0.3) is 0 Å². The number of benzene rings is 1. The van der Waals surface area contributed by atoms with E-state index >= 15 is 0 Å². The molecule has 1 aromatic rings. The van der Waals surface area contributed by atoms with Crippen molar-refractivity contribution in [2.75, 3.05) is 5.32 Å². The first kappa shape index (κ1) is 13.2. The van der Waals surface area contributed by atoms with Gasteiger partial charge in [0.15, 0.2) is 0 Å². The summed E-state index contributed by atoms with van der Waals surface area (Å²) in [5.74, 6) is 0.0183. The Morgan fingerprint density at radius 3 is 2.61 bits per heavy atom. The topological polar surface area (TPSA) is 12.0 Å². The Balaban J connectivity index is 2.13. The van der Waals surface area contributed by atoms with Crippen LogP contribution in [0.15, 0.2) is 37.1 Å². The molecule has 0 bridgehead atoms. The van der Waals surface area contributed by atoms with E-state index in [1.54, 1.807) is 19.1 Å².